The van der Waals surface area contributed by atoms with Gasteiger partial charge in [0.15, 0.2) is 0 Å². The number of nitrogens with zero attached hydrogens (tertiary/aromatic N) is 4. The minimum atomic E-state index is 0.0221. The Morgan fingerprint density at radius 2 is 0.901 bits per heavy atom. The van der Waals surface area contributed by atoms with Crippen LogP contribution in [0.3, 0.4) is 0 Å². The second-order valence-electron chi connectivity index (χ2n) is 20.0. The fourth-order valence-electron chi connectivity index (χ4n) is 11.6. The molecule has 5 aromatic heterocycles. The number of para-hydroxylation sites is 2. The van der Waals surface area contributed by atoms with Crippen molar-refractivity contribution in [1.29, 1.82) is 0 Å². The zero-order valence-corrected chi connectivity index (χ0v) is 43.5. The molecule has 4 nitrogen and oxygen atoms in total. The van der Waals surface area contributed by atoms with Crippen molar-refractivity contribution in [3.05, 3.63) is 167 Å². The number of hydrogen-bond acceptors (Lipinski definition) is 6. The predicted molar refractivity (Wildman–Crippen MR) is 305 cm³/mol. The summed E-state index contributed by atoms with van der Waals surface area (Å²) < 4.78 is 0. The molecule has 5 aromatic carbocycles. The Morgan fingerprint density at radius 3 is 1.48 bits per heavy atom. The number of thiophene rings is 2. The third kappa shape index (κ3) is 9.15. The van der Waals surface area contributed by atoms with Gasteiger partial charge in [-0.1, -0.05) is 187 Å². The highest BCUT2D eigenvalue weighted by Gasteiger charge is 2.42. The van der Waals surface area contributed by atoms with E-state index in [1.54, 1.807) is 22.5 Å². The minimum Gasteiger partial charge on any atom is -0.256 e. The summed E-state index contributed by atoms with van der Waals surface area (Å²) in [5.41, 5.74) is 18.0. The Labute approximate surface area is 428 Å². The lowest BCUT2D eigenvalue weighted by atomic mass is 9.70. The second-order valence-corrected chi connectivity index (χ2v) is 22.4. The monoisotopic (exact) mass is 964 g/mol. The van der Waals surface area contributed by atoms with Crippen molar-refractivity contribution < 1.29 is 0 Å². The van der Waals surface area contributed by atoms with E-state index in [9.17, 15) is 0 Å². The molecule has 10 aromatic rings. The van der Waals surface area contributed by atoms with Crippen LogP contribution >= 0.6 is 22.7 Å². The van der Waals surface area contributed by atoms with Gasteiger partial charge in [-0.15, -0.1) is 22.7 Å². The summed E-state index contributed by atoms with van der Waals surface area (Å²) in [7, 11) is 0. The van der Waals surface area contributed by atoms with E-state index >= 15 is 0 Å². The van der Waals surface area contributed by atoms with Crippen LogP contribution in [0.5, 0.6) is 0 Å². The van der Waals surface area contributed by atoms with Crippen molar-refractivity contribution >= 4 is 55.5 Å². The highest BCUT2D eigenvalue weighted by molar-refractivity contribution is 7.19. The number of fused-ring (bicyclic) bond motifs is 6. The number of aromatic nitrogens is 4. The average molecular weight is 965 g/mol. The Kier molecular flexibility index (Phi) is 13.8. The summed E-state index contributed by atoms with van der Waals surface area (Å²) in [5, 5.41) is 2.13. The first-order valence-corrected chi connectivity index (χ1v) is 28.0. The first kappa shape index (κ1) is 47.0. The van der Waals surface area contributed by atoms with Gasteiger partial charge in [-0.2, -0.15) is 0 Å². The van der Waals surface area contributed by atoms with E-state index in [0.717, 1.165) is 66.5 Å². The van der Waals surface area contributed by atoms with E-state index in [2.05, 4.69) is 149 Å². The Hall–Kier alpha value is -6.34. The molecule has 5 heterocycles. The van der Waals surface area contributed by atoms with E-state index < -0.39 is 0 Å². The van der Waals surface area contributed by atoms with Crippen LogP contribution in [0.2, 0.25) is 0 Å². The molecule has 11 rings (SSSR count). The van der Waals surface area contributed by atoms with Crippen LogP contribution in [0.4, 0.5) is 0 Å². The number of aryl methyl sites for hydroxylation is 2. The Morgan fingerprint density at radius 1 is 0.408 bits per heavy atom. The third-order valence-corrected chi connectivity index (χ3v) is 17.4. The molecular weight excluding hydrogens is 901 g/mol. The van der Waals surface area contributed by atoms with Crippen LogP contribution in [-0.2, 0) is 5.41 Å². The molecule has 6 heteroatoms. The molecule has 1 aliphatic carbocycles. The zero-order chi connectivity index (χ0) is 48.3. The summed E-state index contributed by atoms with van der Waals surface area (Å²) >= 11 is 3.67. The van der Waals surface area contributed by atoms with E-state index in [0.29, 0.717) is 0 Å². The van der Waals surface area contributed by atoms with Crippen LogP contribution in [0.1, 0.15) is 125 Å². The smallest absolute Gasteiger partial charge is 0.0996 e. The van der Waals surface area contributed by atoms with E-state index in [4.69, 9.17) is 19.9 Å². The number of rotatable bonds is 19. The van der Waals surface area contributed by atoms with Crippen molar-refractivity contribution in [2.24, 2.45) is 0 Å². The second kappa shape index (κ2) is 20.8. The van der Waals surface area contributed by atoms with E-state index in [-0.39, 0.29) is 5.41 Å². The normalized spacial score (nSPS) is 12.8. The van der Waals surface area contributed by atoms with Crippen molar-refractivity contribution in [2.75, 3.05) is 0 Å². The lowest BCUT2D eigenvalue weighted by molar-refractivity contribution is 0.398. The van der Waals surface area contributed by atoms with E-state index in [1.807, 2.05) is 35.9 Å². The Balaban J connectivity index is 1.06. The van der Waals surface area contributed by atoms with E-state index in [1.165, 1.54) is 132 Å². The van der Waals surface area contributed by atoms with Gasteiger partial charge in [0.2, 0.25) is 0 Å². The molecule has 0 bridgehead atoms. The SMILES string of the molecule is CCCCCCCCC1(CCCCCCCC)c2cc(C)ccc2-c2ccc(-c3ccc(-c4ccc(-c5ccc(C)s5)c5nc(-c6cccc7cccnc67)c(-c6cccc7cccnc67)nc45)s3)cc21. The number of unbranched alkanes of at least 4 members (excludes halogenated alkanes) is 10. The minimum absolute atomic E-state index is 0.0221. The third-order valence-electron chi connectivity index (χ3n) is 15.2. The van der Waals surface area contributed by atoms with Gasteiger partial charge in [0.25, 0.3) is 0 Å². The Bertz CT molecular complexity index is 3500. The van der Waals surface area contributed by atoms with Crippen molar-refractivity contribution in [3.8, 4) is 65.0 Å². The molecule has 0 saturated heterocycles. The maximum absolute atomic E-state index is 5.81. The molecule has 71 heavy (non-hydrogen) atoms. The fourth-order valence-corrected chi connectivity index (χ4v) is 13.5. The van der Waals surface area contributed by atoms with Crippen LogP contribution < -0.4 is 0 Å². The van der Waals surface area contributed by atoms with Crippen LogP contribution in [0, 0.1) is 13.8 Å². The van der Waals surface area contributed by atoms with Crippen LogP contribution in [0.15, 0.2) is 146 Å². The average Bonchev–Trinajstić information content (AvgIpc) is 4.14. The van der Waals surface area contributed by atoms with Crippen molar-refractivity contribution in [1.82, 2.24) is 19.9 Å². The molecular formula is C65H64N4S2. The molecule has 1 aliphatic rings. The maximum atomic E-state index is 5.81. The summed E-state index contributed by atoms with van der Waals surface area (Å²) in [5.74, 6) is 0. The molecule has 0 radical (unpaired) electrons. The van der Waals surface area contributed by atoms with Crippen molar-refractivity contribution in [3.63, 3.8) is 0 Å². The van der Waals surface area contributed by atoms with Gasteiger partial charge >= 0.3 is 0 Å². The molecule has 0 spiro atoms. The summed E-state index contributed by atoms with van der Waals surface area (Å²) in [4.78, 5) is 26.4. The predicted octanol–water partition coefficient (Wildman–Crippen LogP) is 19.6. The first-order valence-electron chi connectivity index (χ1n) is 26.4. The van der Waals surface area contributed by atoms with Gasteiger partial charge in [0.05, 0.1) is 33.5 Å². The van der Waals surface area contributed by atoms with Gasteiger partial charge in [-0.05, 0) is 97.0 Å². The largest absolute Gasteiger partial charge is 0.256 e. The summed E-state index contributed by atoms with van der Waals surface area (Å²) in [6, 6.07) is 49.4. The summed E-state index contributed by atoms with van der Waals surface area (Å²) in [6.45, 7) is 9.10. The van der Waals surface area contributed by atoms with Crippen LogP contribution in [-0.4, -0.2) is 19.9 Å². The molecule has 356 valence electrons. The number of benzene rings is 5. The molecule has 0 fully saturated rings. The molecule has 0 unspecified atom stereocenters. The topological polar surface area (TPSA) is 51.6 Å². The lowest BCUT2D eigenvalue weighted by Crippen LogP contribution is -2.25. The standard InChI is InChI=1S/C65H64N4S2/c1-5-7-9-11-13-15-37-65(38-16-14-12-10-8-6-2)54-41-43(3)27-30-48(54)49-31-29-47(42-55(49)65)56-35-36-58(71-56)51-33-32-50(57-34-28-44(4)70-57)61-62(51)69-64(53-26-18-22-46-24-20-40-67-60(46)53)63(68-61)52-25-17-21-45-23-19-39-66-59(45)52/h17-36,39-42H,5-16,37-38H2,1-4H3. The highest BCUT2D eigenvalue weighted by Crippen LogP contribution is 2.56. The van der Waals surface area contributed by atoms with Gasteiger partial charge in [-0.3, -0.25) is 9.97 Å². The van der Waals surface area contributed by atoms with Crippen molar-refractivity contribution in [2.45, 2.75) is 123 Å². The number of hydrogen-bond donors (Lipinski definition) is 0. The highest BCUT2D eigenvalue weighted by atomic mass is 32.1. The maximum Gasteiger partial charge on any atom is 0.0996 e. The van der Waals surface area contributed by atoms with Gasteiger partial charge in [0.1, 0.15) is 0 Å². The summed E-state index contributed by atoms with van der Waals surface area (Å²) in [6.07, 6.45) is 21.9. The molecule has 0 atom stereocenters. The molecule has 0 N–H and O–H groups in total. The molecule has 0 saturated carbocycles. The van der Waals surface area contributed by atoms with Gasteiger partial charge < -0.3 is 0 Å². The zero-order valence-electron chi connectivity index (χ0n) is 41.9. The molecule has 0 amide bonds. The van der Waals surface area contributed by atoms with Gasteiger partial charge in [0, 0.05) is 70.3 Å². The number of pyridine rings is 2. The van der Waals surface area contributed by atoms with Gasteiger partial charge in [-0.25, -0.2) is 9.97 Å². The first-order chi connectivity index (χ1) is 34.9. The lowest BCUT2D eigenvalue weighted by Gasteiger charge is -2.33. The molecule has 0 aliphatic heterocycles. The van der Waals surface area contributed by atoms with Crippen LogP contribution in [0.25, 0.3) is 97.8 Å². The quantitative estimate of drug-likeness (QED) is 0.0758. The fraction of sp³-hybridized carbons (Fsp3) is 0.292.